The van der Waals surface area contributed by atoms with Crippen molar-refractivity contribution < 1.29 is 4.79 Å². The number of nitrogens with one attached hydrogen (secondary N) is 1. The van der Waals surface area contributed by atoms with Crippen LogP contribution in [0, 0.1) is 5.92 Å². The van der Waals surface area contributed by atoms with Crippen LogP contribution in [0.25, 0.3) is 16.8 Å². The highest BCUT2D eigenvalue weighted by Crippen LogP contribution is 2.25. The first-order valence-corrected chi connectivity index (χ1v) is 11.8. The van der Waals surface area contributed by atoms with Crippen LogP contribution in [0.5, 0.6) is 0 Å². The number of piperidine rings is 1. The molecule has 4 rings (SSSR count). The highest BCUT2D eigenvalue weighted by Gasteiger charge is 2.19. The number of aromatic nitrogens is 1. The van der Waals surface area contributed by atoms with Gasteiger partial charge in [-0.05, 0) is 72.3 Å². The first-order valence-electron chi connectivity index (χ1n) is 11.8. The van der Waals surface area contributed by atoms with Crippen molar-refractivity contribution in [3.05, 3.63) is 84.2 Å². The Balaban J connectivity index is 1.11. The quantitative estimate of drug-likeness (QED) is 0.365. The second-order valence-electron chi connectivity index (χ2n) is 8.76. The molecule has 0 saturated carbocycles. The predicted octanol–water partition coefficient (Wildman–Crippen LogP) is 5.45. The molecule has 32 heavy (non-hydrogen) atoms. The summed E-state index contributed by atoms with van der Waals surface area (Å²) in [5.41, 5.74) is 2.38. The fourth-order valence-corrected chi connectivity index (χ4v) is 4.58. The third-order valence-electron chi connectivity index (χ3n) is 6.43. The van der Waals surface area contributed by atoms with Gasteiger partial charge >= 0.3 is 0 Å². The van der Waals surface area contributed by atoms with Crippen molar-refractivity contribution in [2.24, 2.45) is 5.92 Å². The monoisotopic (exact) mass is 427 g/mol. The maximum atomic E-state index is 11.9. The van der Waals surface area contributed by atoms with Gasteiger partial charge in [0, 0.05) is 31.6 Å². The number of hydrogen-bond donors (Lipinski definition) is 1. The van der Waals surface area contributed by atoms with Gasteiger partial charge in [-0.25, -0.2) is 0 Å². The Morgan fingerprint density at radius 1 is 1.03 bits per heavy atom. The summed E-state index contributed by atoms with van der Waals surface area (Å²) in [7, 11) is 0. The summed E-state index contributed by atoms with van der Waals surface area (Å²) in [5, 5.41) is 5.70. The van der Waals surface area contributed by atoms with Gasteiger partial charge in [0.15, 0.2) is 0 Å². The number of rotatable bonds is 9. The molecule has 1 aromatic heterocycles. The number of benzene rings is 2. The van der Waals surface area contributed by atoms with E-state index in [-0.39, 0.29) is 5.91 Å². The van der Waals surface area contributed by atoms with Gasteiger partial charge < -0.3 is 5.32 Å². The van der Waals surface area contributed by atoms with E-state index >= 15 is 0 Å². The van der Waals surface area contributed by atoms with E-state index in [1.165, 1.54) is 55.1 Å². The molecule has 1 N–H and O–H groups in total. The lowest BCUT2D eigenvalue weighted by atomic mass is 9.91. The summed E-state index contributed by atoms with van der Waals surface area (Å²) < 4.78 is 0. The van der Waals surface area contributed by atoms with E-state index in [1.807, 2.05) is 12.1 Å². The van der Waals surface area contributed by atoms with Crippen LogP contribution in [0.1, 0.15) is 43.2 Å². The number of carbonyl (C=O) groups excluding carboxylic acids is 1. The maximum absolute atomic E-state index is 11.9. The van der Waals surface area contributed by atoms with Gasteiger partial charge in [-0.15, -0.1) is 0 Å². The van der Waals surface area contributed by atoms with Crippen LogP contribution in [0.3, 0.4) is 0 Å². The SMILES string of the molecule is O=C(/C=C/c1cccnc1)NCCCCC1CCN(Cc2cccc3ccccc23)CC1. The predicted molar refractivity (Wildman–Crippen MR) is 132 cm³/mol. The van der Waals surface area contributed by atoms with E-state index < -0.39 is 0 Å². The number of nitrogens with zero attached hydrogens (tertiary/aromatic N) is 2. The van der Waals surface area contributed by atoms with Gasteiger partial charge in [0.1, 0.15) is 0 Å². The van der Waals surface area contributed by atoms with Crippen molar-refractivity contribution in [1.82, 2.24) is 15.2 Å². The van der Waals surface area contributed by atoms with Crippen LogP contribution in [-0.4, -0.2) is 35.4 Å². The van der Waals surface area contributed by atoms with Crippen LogP contribution in [-0.2, 0) is 11.3 Å². The van der Waals surface area contributed by atoms with Crippen molar-refractivity contribution >= 4 is 22.8 Å². The molecule has 166 valence electrons. The van der Waals surface area contributed by atoms with Gasteiger partial charge in [0.05, 0.1) is 0 Å². The highest BCUT2D eigenvalue weighted by molar-refractivity contribution is 5.91. The third-order valence-corrected chi connectivity index (χ3v) is 6.43. The molecular formula is C28H33N3O. The number of carbonyl (C=O) groups is 1. The molecule has 0 unspecified atom stereocenters. The minimum Gasteiger partial charge on any atom is -0.353 e. The molecule has 0 spiro atoms. The topological polar surface area (TPSA) is 45.2 Å². The Bertz CT molecular complexity index is 1020. The number of likely N-dealkylation sites (tertiary alicyclic amines) is 1. The molecule has 0 aliphatic carbocycles. The van der Waals surface area contributed by atoms with Gasteiger partial charge in [0.25, 0.3) is 0 Å². The zero-order valence-electron chi connectivity index (χ0n) is 18.7. The molecule has 1 aliphatic rings. The Kier molecular flexibility index (Phi) is 8.05. The number of amides is 1. The molecule has 0 atom stereocenters. The fraction of sp³-hybridized carbons (Fsp3) is 0.357. The molecule has 4 nitrogen and oxygen atoms in total. The van der Waals surface area contributed by atoms with Gasteiger partial charge in [-0.2, -0.15) is 0 Å². The molecule has 1 aliphatic heterocycles. The van der Waals surface area contributed by atoms with E-state index in [1.54, 1.807) is 24.5 Å². The van der Waals surface area contributed by atoms with Gasteiger partial charge in [-0.1, -0.05) is 61.4 Å². The minimum atomic E-state index is -0.0319. The first-order chi connectivity index (χ1) is 15.8. The molecule has 1 saturated heterocycles. The first kappa shape index (κ1) is 22.2. The number of fused-ring (bicyclic) bond motifs is 1. The van der Waals surface area contributed by atoms with E-state index in [9.17, 15) is 4.79 Å². The molecule has 2 heterocycles. The van der Waals surface area contributed by atoms with E-state index in [4.69, 9.17) is 0 Å². The average molecular weight is 428 g/mol. The smallest absolute Gasteiger partial charge is 0.243 e. The molecule has 0 radical (unpaired) electrons. The summed E-state index contributed by atoms with van der Waals surface area (Å²) in [6.45, 7) is 4.16. The molecule has 0 bridgehead atoms. The number of pyridine rings is 1. The van der Waals surface area contributed by atoms with E-state index in [0.29, 0.717) is 0 Å². The van der Waals surface area contributed by atoms with Crippen LogP contribution in [0.2, 0.25) is 0 Å². The normalized spacial score (nSPS) is 15.4. The molecular weight excluding hydrogens is 394 g/mol. The summed E-state index contributed by atoms with van der Waals surface area (Å²) in [4.78, 5) is 18.6. The minimum absolute atomic E-state index is 0.0319. The summed E-state index contributed by atoms with van der Waals surface area (Å²) in [6.07, 6.45) is 12.9. The maximum Gasteiger partial charge on any atom is 0.243 e. The highest BCUT2D eigenvalue weighted by atomic mass is 16.1. The Hall–Kier alpha value is -2.98. The lowest BCUT2D eigenvalue weighted by Gasteiger charge is -2.32. The zero-order valence-corrected chi connectivity index (χ0v) is 18.7. The second-order valence-corrected chi connectivity index (χ2v) is 8.76. The van der Waals surface area contributed by atoms with Gasteiger partial charge in [-0.3, -0.25) is 14.7 Å². The van der Waals surface area contributed by atoms with E-state index in [2.05, 4.69) is 57.7 Å². The number of unbranched alkanes of at least 4 members (excludes halogenated alkanes) is 1. The Morgan fingerprint density at radius 2 is 1.88 bits per heavy atom. The van der Waals surface area contributed by atoms with Crippen LogP contribution in [0.15, 0.2) is 73.1 Å². The molecule has 1 fully saturated rings. The van der Waals surface area contributed by atoms with Crippen LogP contribution < -0.4 is 5.32 Å². The largest absolute Gasteiger partial charge is 0.353 e. The van der Waals surface area contributed by atoms with Crippen molar-refractivity contribution in [2.75, 3.05) is 19.6 Å². The summed E-state index contributed by atoms with van der Waals surface area (Å²) in [6, 6.07) is 19.1. The van der Waals surface area contributed by atoms with Crippen LogP contribution in [0.4, 0.5) is 0 Å². The van der Waals surface area contributed by atoms with Crippen molar-refractivity contribution in [2.45, 2.75) is 38.6 Å². The molecule has 2 aromatic carbocycles. The molecule has 4 heteroatoms. The standard InChI is InChI=1S/C28H33N3O/c32-28(14-13-24-8-6-17-29-21-24)30-18-4-3-7-23-15-19-31(20-16-23)22-26-11-5-10-25-9-1-2-12-27(25)26/h1-2,5-6,8-14,17,21,23H,3-4,7,15-16,18-20,22H2,(H,30,32)/b14-13+. The van der Waals surface area contributed by atoms with Crippen molar-refractivity contribution in [3.63, 3.8) is 0 Å². The van der Waals surface area contributed by atoms with Crippen molar-refractivity contribution in [1.29, 1.82) is 0 Å². The van der Waals surface area contributed by atoms with E-state index in [0.717, 1.165) is 31.0 Å². The lowest BCUT2D eigenvalue weighted by molar-refractivity contribution is -0.116. The molecule has 1 amide bonds. The number of hydrogen-bond acceptors (Lipinski definition) is 3. The second kappa shape index (κ2) is 11.6. The Morgan fingerprint density at radius 3 is 2.72 bits per heavy atom. The van der Waals surface area contributed by atoms with Gasteiger partial charge in [0.2, 0.25) is 5.91 Å². The van der Waals surface area contributed by atoms with Crippen LogP contribution >= 0.6 is 0 Å². The summed E-state index contributed by atoms with van der Waals surface area (Å²) >= 11 is 0. The Labute approximate surface area is 191 Å². The molecule has 3 aromatic rings. The fourth-order valence-electron chi connectivity index (χ4n) is 4.58. The summed E-state index contributed by atoms with van der Waals surface area (Å²) in [5.74, 6) is 0.788. The third kappa shape index (κ3) is 6.51. The van der Waals surface area contributed by atoms with Crippen molar-refractivity contribution in [3.8, 4) is 0 Å². The zero-order chi connectivity index (χ0) is 22.0. The average Bonchev–Trinajstić information content (AvgIpc) is 2.84. The lowest BCUT2D eigenvalue weighted by Crippen LogP contribution is -2.33.